The van der Waals surface area contributed by atoms with Gasteiger partial charge in [-0.3, -0.25) is 9.69 Å². The van der Waals surface area contributed by atoms with E-state index < -0.39 is 0 Å². The maximum atomic E-state index is 12.0. The first kappa shape index (κ1) is 14.0. The van der Waals surface area contributed by atoms with Gasteiger partial charge in [-0.1, -0.05) is 17.7 Å². The van der Waals surface area contributed by atoms with Crippen molar-refractivity contribution in [2.24, 2.45) is 0 Å². The van der Waals surface area contributed by atoms with E-state index in [1.807, 2.05) is 26.0 Å². The summed E-state index contributed by atoms with van der Waals surface area (Å²) in [5.41, 5.74) is 3.14. The molecule has 1 atom stereocenters. The highest BCUT2D eigenvalue weighted by Gasteiger charge is 2.25. The fourth-order valence-corrected chi connectivity index (χ4v) is 2.64. The number of rotatable bonds is 4. The van der Waals surface area contributed by atoms with Gasteiger partial charge in [0.1, 0.15) is 0 Å². The minimum Gasteiger partial charge on any atom is -0.395 e. The van der Waals surface area contributed by atoms with Crippen LogP contribution in [0.2, 0.25) is 0 Å². The van der Waals surface area contributed by atoms with Gasteiger partial charge in [-0.05, 0) is 44.9 Å². The molecule has 1 aliphatic heterocycles. The Balaban J connectivity index is 1.94. The average Bonchev–Trinajstić information content (AvgIpc) is 2.80. The second-order valence-electron chi connectivity index (χ2n) is 5.32. The molecule has 1 fully saturated rings. The lowest BCUT2D eigenvalue weighted by Gasteiger charge is -2.22. The summed E-state index contributed by atoms with van der Waals surface area (Å²) in [6, 6.07) is 6.14. The fraction of sp³-hybridized carbons (Fsp3) is 0.533. The highest BCUT2D eigenvalue weighted by molar-refractivity contribution is 5.93. The molecule has 1 heterocycles. The maximum Gasteiger partial charge on any atom is 0.238 e. The van der Waals surface area contributed by atoms with E-state index in [0.717, 1.165) is 30.6 Å². The van der Waals surface area contributed by atoms with Crippen LogP contribution in [0.1, 0.15) is 24.0 Å². The minimum atomic E-state index is -0.00713. The standard InChI is InChI=1S/C15H22N2O2/c1-11-5-6-14(12(2)8-11)16-15(19)9-17-7-3-4-13(17)10-18/h5-6,8,13,18H,3-4,7,9-10H2,1-2H3,(H,16,19). The van der Waals surface area contributed by atoms with E-state index in [0.29, 0.717) is 6.54 Å². The Morgan fingerprint density at radius 2 is 2.26 bits per heavy atom. The zero-order chi connectivity index (χ0) is 13.8. The number of anilines is 1. The van der Waals surface area contributed by atoms with Crippen LogP contribution >= 0.6 is 0 Å². The van der Waals surface area contributed by atoms with Gasteiger partial charge < -0.3 is 10.4 Å². The molecule has 0 saturated carbocycles. The van der Waals surface area contributed by atoms with Crippen molar-refractivity contribution < 1.29 is 9.90 Å². The Hall–Kier alpha value is -1.39. The zero-order valence-electron chi connectivity index (χ0n) is 11.6. The predicted octanol–water partition coefficient (Wildman–Crippen LogP) is 1.70. The second-order valence-corrected chi connectivity index (χ2v) is 5.32. The second kappa shape index (κ2) is 6.17. The summed E-state index contributed by atoms with van der Waals surface area (Å²) in [4.78, 5) is 14.1. The van der Waals surface area contributed by atoms with Crippen LogP contribution < -0.4 is 5.32 Å². The molecule has 1 amide bonds. The van der Waals surface area contributed by atoms with E-state index in [-0.39, 0.29) is 18.6 Å². The SMILES string of the molecule is Cc1ccc(NC(=O)CN2CCCC2CO)c(C)c1. The Bertz CT molecular complexity index is 459. The number of nitrogens with zero attached hydrogens (tertiary/aromatic N) is 1. The molecule has 1 aliphatic rings. The predicted molar refractivity (Wildman–Crippen MR) is 76.2 cm³/mol. The van der Waals surface area contributed by atoms with Crippen molar-refractivity contribution in [1.82, 2.24) is 4.90 Å². The van der Waals surface area contributed by atoms with Gasteiger partial charge in [-0.15, -0.1) is 0 Å². The molecule has 1 unspecified atom stereocenters. The number of carbonyl (C=O) groups excluding carboxylic acids is 1. The van der Waals surface area contributed by atoms with Crippen molar-refractivity contribution >= 4 is 11.6 Å². The first-order chi connectivity index (χ1) is 9.10. The molecule has 1 aromatic rings. The van der Waals surface area contributed by atoms with Crippen molar-refractivity contribution in [1.29, 1.82) is 0 Å². The topological polar surface area (TPSA) is 52.6 Å². The van der Waals surface area contributed by atoms with Crippen LogP contribution in [0.25, 0.3) is 0 Å². The Kier molecular flexibility index (Phi) is 4.56. The van der Waals surface area contributed by atoms with Crippen LogP contribution in [0.4, 0.5) is 5.69 Å². The number of carbonyl (C=O) groups is 1. The van der Waals surface area contributed by atoms with Crippen molar-refractivity contribution in [3.8, 4) is 0 Å². The van der Waals surface area contributed by atoms with Crippen LogP contribution in [0.3, 0.4) is 0 Å². The van der Waals surface area contributed by atoms with Crippen LogP contribution in [0.5, 0.6) is 0 Å². The van der Waals surface area contributed by atoms with Crippen molar-refractivity contribution in [2.75, 3.05) is 25.0 Å². The molecule has 0 radical (unpaired) electrons. The lowest BCUT2D eigenvalue weighted by atomic mass is 10.1. The summed E-state index contributed by atoms with van der Waals surface area (Å²) in [5, 5.41) is 12.2. The van der Waals surface area contributed by atoms with Gasteiger partial charge in [-0.25, -0.2) is 0 Å². The summed E-state index contributed by atoms with van der Waals surface area (Å²) in [6.07, 6.45) is 2.04. The third kappa shape index (κ3) is 3.55. The molecule has 4 heteroatoms. The summed E-state index contributed by atoms with van der Waals surface area (Å²) in [6.45, 7) is 5.42. The number of aliphatic hydroxyl groups is 1. The molecule has 104 valence electrons. The van der Waals surface area contributed by atoms with Crippen LogP contribution in [-0.4, -0.2) is 41.7 Å². The third-order valence-electron chi connectivity index (χ3n) is 3.71. The van der Waals surface area contributed by atoms with Crippen LogP contribution in [-0.2, 0) is 4.79 Å². The molecule has 0 spiro atoms. The van der Waals surface area contributed by atoms with Crippen LogP contribution in [0.15, 0.2) is 18.2 Å². The molecule has 1 aromatic carbocycles. The lowest BCUT2D eigenvalue weighted by molar-refractivity contribution is -0.117. The molecule has 4 nitrogen and oxygen atoms in total. The zero-order valence-corrected chi connectivity index (χ0v) is 11.6. The minimum absolute atomic E-state index is 0.00713. The Morgan fingerprint density at radius 3 is 2.95 bits per heavy atom. The molecule has 2 rings (SSSR count). The van der Waals surface area contributed by atoms with Gasteiger partial charge in [0.2, 0.25) is 5.91 Å². The van der Waals surface area contributed by atoms with E-state index >= 15 is 0 Å². The van der Waals surface area contributed by atoms with E-state index in [1.165, 1.54) is 5.56 Å². The summed E-state index contributed by atoms with van der Waals surface area (Å²) >= 11 is 0. The quantitative estimate of drug-likeness (QED) is 0.868. The molecule has 19 heavy (non-hydrogen) atoms. The molecular weight excluding hydrogens is 240 g/mol. The van der Waals surface area contributed by atoms with E-state index in [1.54, 1.807) is 0 Å². The van der Waals surface area contributed by atoms with E-state index in [9.17, 15) is 9.90 Å². The summed E-state index contributed by atoms with van der Waals surface area (Å²) in [7, 11) is 0. The average molecular weight is 262 g/mol. The number of benzene rings is 1. The number of hydrogen-bond donors (Lipinski definition) is 2. The van der Waals surface area contributed by atoms with Crippen LogP contribution in [0, 0.1) is 13.8 Å². The number of nitrogens with one attached hydrogen (secondary N) is 1. The van der Waals surface area contributed by atoms with E-state index in [2.05, 4.69) is 16.3 Å². The number of aryl methyl sites for hydroxylation is 2. The smallest absolute Gasteiger partial charge is 0.238 e. The molecule has 0 bridgehead atoms. The molecule has 0 aliphatic carbocycles. The van der Waals surface area contributed by atoms with E-state index in [4.69, 9.17) is 0 Å². The largest absolute Gasteiger partial charge is 0.395 e. The first-order valence-electron chi connectivity index (χ1n) is 6.82. The monoisotopic (exact) mass is 262 g/mol. The summed E-state index contributed by atoms with van der Waals surface area (Å²) < 4.78 is 0. The Labute approximate surface area is 114 Å². The van der Waals surface area contributed by atoms with Gasteiger partial charge in [0, 0.05) is 11.7 Å². The van der Waals surface area contributed by atoms with Crippen molar-refractivity contribution in [3.05, 3.63) is 29.3 Å². The number of likely N-dealkylation sites (tertiary alicyclic amines) is 1. The Morgan fingerprint density at radius 1 is 1.47 bits per heavy atom. The van der Waals surface area contributed by atoms with Crippen molar-refractivity contribution in [2.45, 2.75) is 32.7 Å². The highest BCUT2D eigenvalue weighted by atomic mass is 16.3. The summed E-state index contributed by atoms with van der Waals surface area (Å²) in [5.74, 6) is -0.00713. The molecular formula is C15H22N2O2. The van der Waals surface area contributed by atoms with Gasteiger partial charge >= 0.3 is 0 Å². The number of hydrogen-bond acceptors (Lipinski definition) is 3. The lowest BCUT2D eigenvalue weighted by Crippen LogP contribution is -2.38. The highest BCUT2D eigenvalue weighted by Crippen LogP contribution is 2.18. The van der Waals surface area contributed by atoms with Gasteiger partial charge in [0.25, 0.3) is 0 Å². The van der Waals surface area contributed by atoms with Gasteiger partial charge in [0.05, 0.1) is 13.2 Å². The molecule has 0 aromatic heterocycles. The normalized spacial score (nSPS) is 19.6. The van der Waals surface area contributed by atoms with Gasteiger partial charge in [-0.2, -0.15) is 0 Å². The fourth-order valence-electron chi connectivity index (χ4n) is 2.64. The number of amides is 1. The molecule has 1 saturated heterocycles. The van der Waals surface area contributed by atoms with Gasteiger partial charge in [0.15, 0.2) is 0 Å². The maximum absolute atomic E-state index is 12.0. The first-order valence-corrected chi connectivity index (χ1v) is 6.82. The third-order valence-corrected chi connectivity index (χ3v) is 3.71. The molecule has 2 N–H and O–H groups in total. The number of aliphatic hydroxyl groups excluding tert-OH is 1. The van der Waals surface area contributed by atoms with Crippen molar-refractivity contribution in [3.63, 3.8) is 0 Å².